The topological polar surface area (TPSA) is 37.8 Å². The number of rotatable bonds is 4. The van der Waals surface area contributed by atoms with Crippen molar-refractivity contribution in [2.45, 2.75) is 33.6 Å². The molecule has 3 rings (SSSR count). The molecular weight excluding hydrogens is 284 g/mol. The van der Waals surface area contributed by atoms with Gasteiger partial charge in [0.2, 0.25) is 0 Å². The summed E-state index contributed by atoms with van der Waals surface area (Å²) in [4.78, 5) is 12.5. The Kier molecular flexibility index (Phi) is 4.20. The van der Waals surface area contributed by atoms with Crippen molar-refractivity contribution >= 4 is 0 Å². The van der Waals surface area contributed by atoms with Gasteiger partial charge in [0.15, 0.2) is 0 Å². The molecule has 23 heavy (non-hydrogen) atoms. The van der Waals surface area contributed by atoms with Crippen LogP contribution in [0.5, 0.6) is 0 Å². The van der Waals surface area contributed by atoms with Crippen LogP contribution in [0.4, 0.5) is 0 Å². The number of nitrogens with one attached hydrogen (secondary N) is 1. The molecule has 0 fully saturated rings. The lowest BCUT2D eigenvalue weighted by Gasteiger charge is -2.13. The van der Waals surface area contributed by atoms with Gasteiger partial charge in [-0.3, -0.25) is 14.6 Å². The third kappa shape index (κ3) is 2.87. The van der Waals surface area contributed by atoms with E-state index in [9.17, 15) is 4.79 Å². The number of aromatic nitrogens is 2. The van der Waals surface area contributed by atoms with Crippen molar-refractivity contribution in [1.29, 1.82) is 0 Å². The zero-order valence-corrected chi connectivity index (χ0v) is 13.9. The molecule has 2 aromatic carbocycles. The van der Waals surface area contributed by atoms with E-state index in [1.165, 1.54) is 5.56 Å². The minimum absolute atomic E-state index is 0.00526. The van der Waals surface area contributed by atoms with Gasteiger partial charge in [-0.25, -0.2) is 0 Å². The number of aromatic amines is 1. The number of benzene rings is 2. The fourth-order valence-electron chi connectivity index (χ4n) is 2.96. The van der Waals surface area contributed by atoms with E-state index in [1.807, 2.05) is 22.9 Å². The Morgan fingerprint density at radius 2 is 1.70 bits per heavy atom. The second-order valence-corrected chi connectivity index (χ2v) is 6.01. The molecule has 3 heteroatoms. The SMILES string of the molecule is CCCc1c(-c2ccc(C)cc2)n(-c2ccccc2C)[nH]c1=O. The van der Waals surface area contributed by atoms with Crippen LogP contribution in [0.15, 0.2) is 53.3 Å². The molecule has 0 aliphatic carbocycles. The van der Waals surface area contributed by atoms with Crippen LogP contribution in [0.2, 0.25) is 0 Å². The summed E-state index contributed by atoms with van der Waals surface area (Å²) in [5, 5.41) is 3.03. The van der Waals surface area contributed by atoms with E-state index in [0.29, 0.717) is 0 Å². The number of aryl methyl sites for hydroxylation is 2. The molecular formula is C20H22N2O. The van der Waals surface area contributed by atoms with Gasteiger partial charge in [-0.15, -0.1) is 0 Å². The first-order chi connectivity index (χ1) is 11.1. The lowest BCUT2D eigenvalue weighted by molar-refractivity contribution is 0.864. The zero-order chi connectivity index (χ0) is 16.4. The van der Waals surface area contributed by atoms with Gasteiger partial charge < -0.3 is 0 Å². The minimum Gasteiger partial charge on any atom is -0.268 e. The van der Waals surface area contributed by atoms with Crippen LogP contribution in [0.3, 0.4) is 0 Å². The second kappa shape index (κ2) is 6.29. The van der Waals surface area contributed by atoms with Gasteiger partial charge in [-0.1, -0.05) is 61.4 Å². The predicted molar refractivity (Wildman–Crippen MR) is 95.3 cm³/mol. The monoisotopic (exact) mass is 306 g/mol. The highest BCUT2D eigenvalue weighted by atomic mass is 16.1. The Morgan fingerprint density at radius 1 is 1.00 bits per heavy atom. The Morgan fingerprint density at radius 3 is 2.35 bits per heavy atom. The fourth-order valence-corrected chi connectivity index (χ4v) is 2.96. The number of hydrogen-bond donors (Lipinski definition) is 1. The highest BCUT2D eigenvalue weighted by Crippen LogP contribution is 2.27. The normalized spacial score (nSPS) is 10.9. The molecule has 118 valence electrons. The van der Waals surface area contributed by atoms with Crippen LogP contribution in [0.25, 0.3) is 16.9 Å². The Labute approximate surface area is 136 Å². The third-order valence-corrected chi connectivity index (χ3v) is 4.18. The highest BCUT2D eigenvalue weighted by Gasteiger charge is 2.17. The van der Waals surface area contributed by atoms with Crippen LogP contribution < -0.4 is 5.56 Å². The quantitative estimate of drug-likeness (QED) is 0.762. The van der Waals surface area contributed by atoms with Crippen molar-refractivity contribution < 1.29 is 0 Å². The largest absolute Gasteiger partial charge is 0.268 e. The maximum atomic E-state index is 12.5. The van der Waals surface area contributed by atoms with Crippen molar-refractivity contribution in [3.05, 3.63) is 75.6 Å². The molecule has 0 spiro atoms. The standard InChI is InChI=1S/C20H22N2O/c1-4-7-17-19(16-12-10-14(2)11-13-16)22(21-20(17)23)18-9-6-5-8-15(18)3/h5-6,8-13H,4,7H2,1-3H3,(H,21,23). The van der Waals surface area contributed by atoms with Crippen LogP contribution >= 0.6 is 0 Å². The summed E-state index contributed by atoms with van der Waals surface area (Å²) in [6.45, 7) is 6.23. The maximum Gasteiger partial charge on any atom is 0.268 e. The van der Waals surface area contributed by atoms with E-state index in [1.54, 1.807) is 0 Å². The van der Waals surface area contributed by atoms with Crippen molar-refractivity contribution in [3.8, 4) is 16.9 Å². The Balaban J connectivity index is 2.29. The van der Waals surface area contributed by atoms with Gasteiger partial charge in [0, 0.05) is 11.1 Å². The van der Waals surface area contributed by atoms with E-state index in [0.717, 1.165) is 40.9 Å². The molecule has 0 amide bonds. The molecule has 0 unspecified atom stereocenters. The fraction of sp³-hybridized carbons (Fsp3) is 0.250. The first-order valence-electron chi connectivity index (χ1n) is 8.08. The van der Waals surface area contributed by atoms with E-state index in [-0.39, 0.29) is 5.56 Å². The summed E-state index contributed by atoms with van der Waals surface area (Å²) in [7, 11) is 0. The van der Waals surface area contributed by atoms with Crippen molar-refractivity contribution in [3.63, 3.8) is 0 Å². The Bertz CT molecular complexity index is 869. The van der Waals surface area contributed by atoms with Gasteiger partial charge in [0.1, 0.15) is 0 Å². The third-order valence-electron chi connectivity index (χ3n) is 4.18. The molecule has 0 bridgehead atoms. The summed E-state index contributed by atoms with van der Waals surface area (Å²) in [5.74, 6) is 0. The smallest absolute Gasteiger partial charge is 0.268 e. The molecule has 0 aliphatic heterocycles. The Hall–Kier alpha value is -2.55. The first kappa shape index (κ1) is 15.3. The van der Waals surface area contributed by atoms with Gasteiger partial charge in [0.25, 0.3) is 5.56 Å². The predicted octanol–water partition coefficient (Wildman–Crippen LogP) is 4.40. The maximum absolute atomic E-state index is 12.5. The molecule has 1 aromatic heterocycles. The molecule has 0 saturated heterocycles. The molecule has 1 heterocycles. The molecule has 0 aliphatic rings. The molecule has 1 N–H and O–H groups in total. The van der Waals surface area contributed by atoms with Gasteiger partial charge in [-0.2, -0.15) is 0 Å². The van der Waals surface area contributed by atoms with Crippen LogP contribution in [0.1, 0.15) is 30.0 Å². The van der Waals surface area contributed by atoms with E-state index >= 15 is 0 Å². The second-order valence-electron chi connectivity index (χ2n) is 6.01. The summed E-state index contributed by atoms with van der Waals surface area (Å²) >= 11 is 0. The number of H-pyrrole nitrogens is 1. The van der Waals surface area contributed by atoms with Crippen molar-refractivity contribution in [1.82, 2.24) is 9.78 Å². The molecule has 0 radical (unpaired) electrons. The average Bonchev–Trinajstić information content (AvgIpc) is 2.86. The number of nitrogens with zero attached hydrogens (tertiary/aromatic N) is 1. The van der Waals surface area contributed by atoms with Gasteiger partial charge >= 0.3 is 0 Å². The highest BCUT2D eigenvalue weighted by molar-refractivity contribution is 5.66. The van der Waals surface area contributed by atoms with E-state index in [2.05, 4.69) is 56.2 Å². The van der Waals surface area contributed by atoms with Gasteiger partial charge in [0.05, 0.1) is 11.4 Å². The first-order valence-corrected chi connectivity index (χ1v) is 8.08. The molecule has 3 nitrogen and oxygen atoms in total. The molecule has 3 aromatic rings. The molecule has 0 saturated carbocycles. The minimum atomic E-state index is 0.00526. The van der Waals surface area contributed by atoms with E-state index in [4.69, 9.17) is 0 Å². The lowest BCUT2D eigenvalue weighted by atomic mass is 10.0. The number of hydrogen-bond acceptors (Lipinski definition) is 1. The zero-order valence-electron chi connectivity index (χ0n) is 13.9. The average molecular weight is 306 g/mol. The van der Waals surface area contributed by atoms with E-state index < -0.39 is 0 Å². The number of para-hydroxylation sites is 1. The summed E-state index contributed by atoms with van der Waals surface area (Å²) in [5.41, 5.74) is 6.28. The molecule has 0 atom stereocenters. The summed E-state index contributed by atoms with van der Waals surface area (Å²) in [6, 6.07) is 16.5. The summed E-state index contributed by atoms with van der Waals surface area (Å²) in [6.07, 6.45) is 1.72. The van der Waals surface area contributed by atoms with Crippen molar-refractivity contribution in [2.24, 2.45) is 0 Å². The van der Waals surface area contributed by atoms with Crippen molar-refractivity contribution in [2.75, 3.05) is 0 Å². The van der Waals surface area contributed by atoms with Crippen LogP contribution in [0, 0.1) is 13.8 Å². The van der Waals surface area contributed by atoms with Crippen LogP contribution in [-0.4, -0.2) is 9.78 Å². The summed E-state index contributed by atoms with van der Waals surface area (Å²) < 4.78 is 1.94. The van der Waals surface area contributed by atoms with Crippen LogP contribution in [-0.2, 0) is 6.42 Å². The van der Waals surface area contributed by atoms with Gasteiger partial charge in [-0.05, 0) is 31.9 Å². The lowest BCUT2D eigenvalue weighted by Crippen LogP contribution is -2.07.